The minimum absolute atomic E-state index is 0.0241. The Bertz CT molecular complexity index is 1180. The van der Waals surface area contributed by atoms with Crippen molar-refractivity contribution < 1.29 is 9.53 Å². The van der Waals surface area contributed by atoms with Crippen LogP contribution in [0.2, 0.25) is 0 Å². The van der Waals surface area contributed by atoms with E-state index in [0.29, 0.717) is 29.1 Å². The second-order valence-electron chi connectivity index (χ2n) is 8.93. The summed E-state index contributed by atoms with van der Waals surface area (Å²) in [4.78, 5) is 19.9. The normalized spacial score (nSPS) is 15.0. The van der Waals surface area contributed by atoms with Crippen LogP contribution in [0, 0.1) is 26.7 Å². The summed E-state index contributed by atoms with van der Waals surface area (Å²) in [5, 5.41) is 9.50. The number of aryl methyl sites for hydroxylation is 3. The average molecular weight is 463 g/mol. The fourth-order valence-corrected chi connectivity index (χ4v) is 4.69. The van der Waals surface area contributed by atoms with Crippen LogP contribution >= 0.6 is 11.8 Å². The maximum Gasteiger partial charge on any atom is 0.247 e. The lowest BCUT2D eigenvalue weighted by molar-refractivity contribution is -0.120. The Morgan fingerprint density at radius 2 is 1.82 bits per heavy atom. The standard InChI is InChI=1S/C26H30N4O2S/c1-7-21(31)30-23-18(6)12-17(5)13-20(23)22-24(27-26(29-28-22)33-14-15(2)3)32-25(30)19-10-8-16(4)9-11-19/h8-13,15,25H,7,14H2,1-6H3/t25-/m1/s1. The van der Waals surface area contributed by atoms with E-state index in [4.69, 9.17) is 9.72 Å². The summed E-state index contributed by atoms with van der Waals surface area (Å²) in [6.07, 6.45) is -0.303. The third-order valence-electron chi connectivity index (χ3n) is 5.51. The van der Waals surface area contributed by atoms with E-state index < -0.39 is 6.23 Å². The Hall–Kier alpha value is -2.93. The zero-order valence-corrected chi connectivity index (χ0v) is 20.9. The summed E-state index contributed by atoms with van der Waals surface area (Å²) in [5.41, 5.74) is 6.28. The molecular weight excluding hydrogens is 432 g/mol. The van der Waals surface area contributed by atoms with E-state index in [9.17, 15) is 4.79 Å². The van der Waals surface area contributed by atoms with Crippen molar-refractivity contribution in [3.8, 4) is 17.1 Å². The molecule has 1 aliphatic rings. The third kappa shape index (κ3) is 4.74. The van der Waals surface area contributed by atoms with Gasteiger partial charge in [0.1, 0.15) is 0 Å². The molecule has 4 rings (SSSR count). The van der Waals surface area contributed by atoms with Gasteiger partial charge in [-0.05, 0) is 38.3 Å². The van der Waals surface area contributed by atoms with Crippen molar-refractivity contribution in [1.82, 2.24) is 15.2 Å². The molecule has 6 nitrogen and oxygen atoms in total. The van der Waals surface area contributed by atoms with Crippen molar-refractivity contribution >= 4 is 23.4 Å². The van der Waals surface area contributed by atoms with Gasteiger partial charge in [-0.3, -0.25) is 9.69 Å². The highest BCUT2D eigenvalue weighted by Crippen LogP contribution is 2.45. The third-order valence-corrected chi connectivity index (χ3v) is 6.78. The first-order chi connectivity index (χ1) is 15.8. The number of carbonyl (C=O) groups is 1. The Labute approximate surface area is 199 Å². The maximum absolute atomic E-state index is 13.4. The summed E-state index contributed by atoms with van der Waals surface area (Å²) >= 11 is 1.56. The lowest BCUT2D eigenvalue weighted by Gasteiger charge is -2.32. The maximum atomic E-state index is 13.4. The van der Waals surface area contributed by atoms with Gasteiger partial charge >= 0.3 is 0 Å². The Morgan fingerprint density at radius 1 is 1.09 bits per heavy atom. The van der Waals surface area contributed by atoms with Gasteiger partial charge in [0.2, 0.25) is 23.2 Å². The van der Waals surface area contributed by atoms with Crippen molar-refractivity contribution in [1.29, 1.82) is 0 Å². The molecule has 172 valence electrons. The predicted molar refractivity (Wildman–Crippen MR) is 133 cm³/mol. The van der Waals surface area contributed by atoms with Crippen molar-refractivity contribution in [3.05, 3.63) is 58.7 Å². The number of amides is 1. The molecule has 3 aromatic rings. The summed E-state index contributed by atoms with van der Waals surface area (Å²) in [6, 6.07) is 12.2. The van der Waals surface area contributed by atoms with E-state index >= 15 is 0 Å². The minimum atomic E-state index is -0.654. The molecule has 1 aromatic heterocycles. The lowest BCUT2D eigenvalue weighted by atomic mass is 9.99. The van der Waals surface area contributed by atoms with Gasteiger partial charge in [-0.1, -0.05) is 74.0 Å². The monoisotopic (exact) mass is 462 g/mol. The average Bonchev–Trinajstić information content (AvgIpc) is 2.92. The van der Waals surface area contributed by atoms with Crippen molar-refractivity contribution in [2.45, 2.75) is 59.3 Å². The second-order valence-corrected chi connectivity index (χ2v) is 9.92. The molecule has 0 N–H and O–H groups in total. The van der Waals surface area contributed by atoms with Crippen LogP contribution in [0.5, 0.6) is 5.88 Å². The fraction of sp³-hybridized carbons (Fsp3) is 0.385. The van der Waals surface area contributed by atoms with Gasteiger partial charge in [-0.2, -0.15) is 4.98 Å². The highest BCUT2D eigenvalue weighted by molar-refractivity contribution is 7.99. The predicted octanol–water partition coefficient (Wildman–Crippen LogP) is 6.05. The number of aromatic nitrogens is 3. The van der Waals surface area contributed by atoms with Crippen LogP contribution in [0.4, 0.5) is 5.69 Å². The zero-order valence-electron chi connectivity index (χ0n) is 20.0. The first-order valence-corrected chi connectivity index (χ1v) is 12.3. The first-order valence-electron chi connectivity index (χ1n) is 11.3. The first kappa shape index (κ1) is 23.2. The quantitative estimate of drug-likeness (QED) is 0.430. The summed E-state index contributed by atoms with van der Waals surface area (Å²) in [5.74, 6) is 1.77. The Balaban J connectivity index is 1.95. The van der Waals surface area contributed by atoms with E-state index in [1.165, 1.54) is 0 Å². The SMILES string of the molecule is CCC(=O)N1c2c(C)cc(C)cc2-c2nnc(SCC(C)C)nc2O[C@@H]1c1ccc(C)cc1. The summed E-state index contributed by atoms with van der Waals surface area (Å²) in [6.45, 7) is 12.3. The number of thioether (sulfide) groups is 1. The van der Waals surface area contributed by atoms with Crippen LogP contribution in [0.25, 0.3) is 11.3 Å². The van der Waals surface area contributed by atoms with Gasteiger partial charge < -0.3 is 4.74 Å². The molecule has 1 atom stereocenters. The number of ether oxygens (including phenoxy) is 1. The lowest BCUT2D eigenvalue weighted by Crippen LogP contribution is -2.37. The molecule has 7 heteroatoms. The number of hydrogen-bond acceptors (Lipinski definition) is 6. The van der Waals surface area contributed by atoms with E-state index in [-0.39, 0.29) is 5.91 Å². The van der Waals surface area contributed by atoms with E-state index in [0.717, 1.165) is 39.3 Å². The van der Waals surface area contributed by atoms with Crippen molar-refractivity contribution in [2.75, 3.05) is 10.7 Å². The highest BCUT2D eigenvalue weighted by Gasteiger charge is 2.36. The Morgan fingerprint density at radius 3 is 2.48 bits per heavy atom. The molecule has 0 bridgehead atoms. The van der Waals surface area contributed by atoms with Gasteiger partial charge in [0.15, 0.2) is 5.69 Å². The van der Waals surface area contributed by atoms with Gasteiger partial charge in [0.05, 0.1) is 5.69 Å². The van der Waals surface area contributed by atoms with Crippen LogP contribution in [0.3, 0.4) is 0 Å². The van der Waals surface area contributed by atoms with Gasteiger partial charge in [0, 0.05) is 23.3 Å². The van der Waals surface area contributed by atoms with Crippen LogP contribution in [0.15, 0.2) is 41.6 Å². The van der Waals surface area contributed by atoms with Gasteiger partial charge in [-0.15, -0.1) is 10.2 Å². The molecule has 0 fully saturated rings. The molecule has 0 saturated carbocycles. The molecule has 2 heterocycles. The number of anilines is 1. The van der Waals surface area contributed by atoms with E-state index in [1.54, 1.807) is 16.7 Å². The van der Waals surface area contributed by atoms with Crippen molar-refractivity contribution in [2.24, 2.45) is 5.92 Å². The van der Waals surface area contributed by atoms with Gasteiger partial charge in [0.25, 0.3) is 0 Å². The number of rotatable bonds is 5. The van der Waals surface area contributed by atoms with Crippen LogP contribution in [-0.2, 0) is 4.79 Å². The number of hydrogen-bond donors (Lipinski definition) is 0. The summed E-state index contributed by atoms with van der Waals surface area (Å²) in [7, 11) is 0. The molecule has 0 aliphatic carbocycles. The van der Waals surface area contributed by atoms with E-state index in [2.05, 4.69) is 30.1 Å². The number of carbonyl (C=O) groups excluding carboxylic acids is 1. The minimum Gasteiger partial charge on any atom is -0.447 e. The molecule has 0 saturated heterocycles. The van der Waals surface area contributed by atoms with Crippen LogP contribution < -0.4 is 9.64 Å². The Kier molecular flexibility index (Phi) is 6.70. The smallest absolute Gasteiger partial charge is 0.247 e. The molecule has 0 spiro atoms. The highest BCUT2D eigenvalue weighted by atomic mass is 32.2. The van der Waals surface area contributed by atoms with Crippen LogP contribution in [0.1, 0.15) is 55.7 Å². The molecule has 2 aromatic carbocycles. The number of benzene rings is 2. The molecular formula is C26H30N4O2S. The molecule has 1 aliphatic heterocycles. The second kappa shape index (κ2) is 9.51. The summed E-state index contributed by atoms with van der Waals surface area (Å²) < 4.78 is 6.52. The molecule has 33 heavy (non-hydrogen) atoms. The fourth-order valence-electron chi connectivity index (χ4n) is 3.96. The van der Waals surface area contributed by atoms with Gasteiger partial charge in [-0.25, -0.2) is 0 Å². The number of fused-ring (bicyclic) bond motifs is 3. The topological polar surface area (TPSA) is 68.2 Å². The molecule has 0 radical (unpaired) electrons. The molecule has 1 amide bonds. The molecule has 0 unspecified atom stereocenters. The van der Waals surface area contributed by atoms with E-state index in [1.807, 2.05) is 58.0 Å². The largest absolute Gasteiger partial charge is 0.447 e. The van der Waals surface area contributed by atoms with Crippen LogP contribution in [-0.4, -0.2) is 26.8 Å². The van der Waals surface area contributed by atoms with Crippen molar-refractivity contribution in [3.63, 3.8) is 0 Å². The number of nitrogens with zero attached hydrogens (tertiary/aromatic N) is 4. The zero-order chi connectivity index (χ0) is 23.7.